The highest BCUT2D eigenvalue weighted by molar-refractivity contribution is 7.43. The molecule has 1 aromatic rings. The number of hydrogen-bond acceptors (Lipinski definition) is 7. The van der Waals surface area contributed by atoms with Crippen molar-refractivity contribution in [3.8, 4) is 5.75 Å². The van der Waals surface area contributed by atoms with Crippen molar-refractivity contribution in [3.05, 3.63) is 44.7 Å². The number of alkyl halides is 4. The second-order valence-electron chi connectivity index (χ2n) is 9.04. The van der Waals surface area contributed by atoms with Gasteiger partial charge in [0.15, 0.2) is 5.60 Å². The molecule has 3 atom stereocenters. The van der Waals surface area contributed by atoms with E-state index in [1.165, 1.54) is 18.2 Å². The Labute approximate surface area is 195 Å². The lowest BCUT2D eigenvalue weighted by Crippen LogP contribution is -2.78. The zero-order valence-electron chi connectivity index (χ0n) is 18.1. The van der Waals surface area contributed by atoms with Gasteiger partial charge in [0.05, 0.1) is 0 Å². The molecule has 1 aromatic carbocycles. The third-order valence-electron chi connectivity index (χ3n) is 7.01. The van der Waals surface area contributed by atoms with Crippen molar-refractivity contribution < 1.29 is 46.6 Å². The van der Waals surface area contributed by atoms with Crippen LogP contribution in [0.15, 0.2) is 24.3 Å². The number of phosphoric ester groups is 1. The molecule has 7 nitrogen and oxygen atoms in total. The predicted octanol–water partition coefficient (Wildman–Crippen LogP) is 4.04. The fourth-order valence-corrected chi connectivity index (χ4v) is 7.29. The number of benzene rings is 1. The maximum absolute atomic E-state index is 13.2. The highest BCUT2D eigenvalue weighted by atomic mass is 35.5. The third kappa shape index (κ3) is 4.24. The van der Waals surface area contributed by atoms with Crippen molar-refractivity contribution in [1.82, 2.24) is 0 Å². The highest BCUT2D eigenvalue weighted by Gasteiger charge is 2.78. The van der Waals surface area contributed by atoms with Gasteiger partial charge < -0.3 is 23.6 Å². The Bertz CT molecular complexity index is 923. The molecule has 4 bridgehead atoms. The van der Waals surface area contributed by atoms with Gasteiger partial charge in [-0.2, -0.15) is 18.1 Å². The zero-order chi connectivity index (χ0) is 22.3. The predicted molar refractivity (Wildman–Crippen MR) is 108 cm³/mol. The largest absolute Gasteiger partial charge is 0.780 e. The Hall–Kier alpha value is -1.13. The summed E-state index contributed by atoms with van der Waals surface area (Å²) in [5, 5.41) is 0. The molecule has 12 heteroatoms. The second-order valence-corrected chi connectivity index (χ2v) is 10.9. The van der Waals surface area contributed by atoms with Crippen LogP contribution in [-0.4, -0.2) is 23.3 Å². The number of phosphoric acid groups is 1. The van der Waals surface area contributed by atoms with E-state index in [0.29, 0.717) is 18.8 Å². The summed E-state index contributed by atoms with van der Waals surface area (Å²) in [4.78, 5) is 32.6. The van der Waals surface area contributed by atoms with Gasteiger partial charge in [0, 0.05) is 25.3 Å². The molecule has 0 radical (unpaired) electrons. The first-order valence-corrected chi connectivity index (χ1v) is 11.8. The van der Waals surface area contributed by atoms with E-state index in [0.717, 1.165) is 25.3 Å². The zero-order valence-corrected chi connectivity index (χ0v) is 19.8. The maximum Gasteiger partial charge on any atom is 0.411 e. The summed E-state index contributed by atoms with van der Waals surface area (Å²) in [5.41, 5.74) is -1.12. The van der Waals surface area contributed by atoms with Crippen LogP contribution in [0.4, 0.5) is 13.2 Å². The van der Waals surface area contributed by atoms with E-state index >= 15 is 0 Å². The third-order valence-corrected chi connectivity index (χ3v) is 7.91. The Kier molecular flexibility index (Phi) is 6.60. The van der Waals surface area contributed by atoms with Gasteiger partial charge in [-0.25, -0.2) is 4.89 Å². The molecule has 4 aliphatic carbocycles. The van der Waals surface area contributed by atoms with E-state index in [4.69, 9.17) is 26.1 Å². The number of rotatable bonds is 5. The Morgan fingerprint density at radius 3 is 2.24 bits per heavy atom. The normalized spacial score (nSPS) is 38.9. The topological polar surface area (TPSA) is 100 Å². The average molecular weight is 513 g/mol. The van der Waals surface area contributed by atoms with Gasteiger partial charge in [-0.05, 0) is 62.0 Å². The van der Waals surface area contributed by atoms with Crippen molar-refractivity contribution in [3.63, 3.8) is 0 Å². The summed E-state index contributed by atoms with van der Waals surface area (Å²) in [6.07, 6.45) is -1.24. The molecule has 1 aliphatic heterocycles. The van der Waals surface area contributed by atoms with Gasteiger partial charge in [0.1, 0.15) is 20.2 Å². The minimum absolute atomic E-state index is 0. The van der Waals surface area contributed by atoms with Crippen LogP contribution in [0.25, 0.3) is 0 Å². The molecule has 33 heavy (non-hydrogen) atoms. The summed E-state index contributed by atoms with van der Waals surface area (Å²) in [6.45, 7) is -1.60. The first-order chi connectivity index (χ1) is 14.3. The van der Waals surface area contributed by atoms with E-state index in [1.54, 1.807) is 0 Å². The van der Waals surface area contributed by atoms with Crippen LogP contribution < -0.4 is 14.3 Å². The lowest BCUT2D eigenvalue weighted by molar-refractivity contribution is -0.650. The molecular formula is C21H25ClF3O7P. The van der Waals surface area contributed by atoms with Crippen molar-refractivity contribution >= 4 is 19.4 Å². The molecule has 6 rings (SSSR count). The summed E-state index contributed by atoms with van der Waals surface area (Å²) < 4.78 is 60.3. The van der Waals surface area contributed by atoms with Gasteiger partial charge >= 0.3 is 6.18 Å². The van der Waals surface area contributed by atoms with Crippen LogP contribution in [0.1, 0.15) is 37.7 Å². The molecule has 1 spiro atoms. The lowest BCUT2D eigenvalue weighted by Gasteiger charge is -2.70. The van der Waals surface area contributed by atoms with Crippen molar-refractivity contribution in [2.75, 3.05) is 6.61 Å². The number of halogens is 4. The first-order valence-electron chi connectivity index (χ1n) is 9.93. The summed E-state index contributed by atoms with van der Waals surface area (Å²) in [7, 11) is -5.37. The van der Waals surface area contributed by atoms with Crippen LogP contribution in [0, 0.1) is 32.6 Å². The minimum atomic E-state index is -5.37. The van der Waals surface area contributed by atoms with Crippen LogP contribution >= 0.6 is 19.4 Å². The Morgan fingerprint density at radius 2 is 1.76 bits per heavy atom. The fraction of sp³-hybridized carbons (Fsp3) is 0.619. The molecular weight excluding hydrogens is 488 g/mol. The van der Waals surface area contributed by atoms with Crippen LogP contribution in [0.3, 0.4) is 0 Å². The van der Waals surface area contributed by atoms with E-state index in [1.807, 2.05) is 0 Å². The van der Waals surface area contributed by atoms with E-state index < -0.39 is 36.9 Å². The Balaban J connectivity index is 0.00000153. The van der Waals surface area contributed by atoms with Gasteiger partial charge in [-0.15, -0.1) is 11.6 Å². The van der Waals surface area contributed by atoms with Crippen LogP contribution in [-0.2, 0) is 24.9 Å². The van der Waals surface area contributed by atoms with Gasteiger partial charge in [-0.3, -0.25) is 0 Å². The molecule has 0 N–H and O–H groups in total. The number of hydrogen-bond donors (Lipinski definition) is 0. The molecule has 5 fully saturated rings. The van der Waals surface area contributed by atoms with Crippen LogP contribution in [0.2, 0.25) is 0 Å². The second kappa shape index (κ2) is 8.22. The summed E-state index contributed by atoms with van der Waals surface area (Å²) >= 11 is 6.79. The van der Waals surface area contributed by atoms with E-state index in [-0.39, 0.29) is 38.0 Å². The maximum atomic E-state index is 13.2. The molecule has 4 saturated carbocycles. The van der Waals surface area contributed by atoms with E-state index in [9.17, 15) is 27.5 Å². The fourth-order valence-electron chi connectivity index (χ4n) is 6.32. The summed E-state index contributed by atoms with van der Waals surface area (Å²) in [6, 6.07) is 5.15. The average Bonchev–Trinajstić information content (AvgIpc) is 2.57. The molecule has 3 unspecified atom stereocenters. The number of ether oxygens (including phenoxy) is 1. The monoisotopic (exact) mass is 512 g/mol. The molecule has 184 valence electrons. The smallest absolute Gasteiger partial charge is 0.411 e. The van der Waals surface area contributed by atoms with Crippen molar-refractivity contribution in [2.45, 2.75) is 54.5 Å². The van der Waals surface area contributed by atoms with Gasteiger partial charge in [0.25, 0.3) is 5.79 Å². The molecule has 5 aliphatic rings. The van der Waals surface area contributed by atoms with Crippen molar-refractivity contribution in [1.29, 1.82) is 0 Å². The SMILES string of the molecule is O=P([O-])([O-])Oc1cccc(C2(OCC(F)(F)F)OOC23C2CC4CC3CC(Cl)(C4)C2)c1.[CH3+].[CH3+]. The molecule has 1 saturated heterocycles. The van der Waals surface area contributed by atoms with Crippen LogP contribution in [0.5, 0.6) is 5.75 Å². The standard InChI is InChI=1S/C19H21ClF3O7P.2CH3/c20-16-7-11-4-13(8-16)18(14(5-11)9-16)19(30-29-18,27-10-17(21,22)23)12-2-1-3-15(6-12)28-31(24,25)26;;/h1-3,6,11,13-14H,4-5,7-10H2,(H2,24,25,26);2*1H3/q;2*+1/p-2. The Morgan fingerprint density at radius 1 is 1.12 bits per heavy atom. The quantitative estimate of drug-likeness (QED) is 0.254. The highest BCUT2D eigenvalue weighted by Crippen LogP contribution is 2.71. The van der Waals surface area contributed by atoms with Gasteiger partial charge in [0.2, 0.25) is 0 Å². The summed E-state index contributed by atoms with van der Waals surface area (Å²) in [5.74, 6) is -2.33. The van der Waals surface area contributed by atoms with Crippen molar-refractivity contribution in [2.24, 2.45) is 17.8 Å². The molecule has 0 aromatic heterocycles. The van der Waals surface area contributed by atoms with E-state index in [2.05, 4.69) is 4.52 Å². The first kappa shape index (κ1) is 26.5. The minimum Gasteiger partial charge on any atom is -0.780 e. The molecule has 1 heterocycles. The van der Waals surface area contributed by atoms with Gasteiger partial charge in [-0.1, -0.05) is 12.1 Å². The molecule has 0 amide bonds. The lowest BCUT2D eigenvalue weighted by atomic mass is 9.46.